The molecule has 3 rings (SSSR count). The number of morpholine rings is 1. The van der Waals surface area contributed by atoms with E-state index >= 15 is 0 Å². The molecule has 5 heteroatoms. The first-order chi connectivity index (χ1) is 12.8. The van der Waals surface area contributed by atoms with Crippen LogP contribution in [0.3, 0.4) is 0 Å². The molecule has 1 saturated carbocycles. The third kappa shape index (κ3) is 5.85. The first kappa shape index (κ1) is 19.9. The van der Waals surface area contributed by atoms with Crippen LogP contribution in [0, 0.1) is 5.41 Å². The van der Waals surface area contributed by atoms with Crippen LogP contribution in [0.4, 0.5) is 0 Å². The number of hydrogen-bond donors (Lipinski definition) is 1. The topological polar surface area (TPSA) is 40.1 Å². The Kier molecular flexibility index (Phi) is 8.06. The number of guanidine groups is 1. The molecule has 2 saturated heterocycles. The van der Waals surface area contributed by atoms with Crippen molar-refractivity contribution >= 4 is 5.96 Å². The summed E-state index contributed by atoms with van der Waals surface area (Å²) < 4.78 is 5.42. The van der Waals surface area contributed by atoms with E-state index in [0.717, 1.165) is 38.8 Å². The fourth-order valence-corrected chi connectivity index (χ4v) is 5.09. The van der Waals surface area contributed by atoms with Crippen LogP contribution in [0.15, 0.2) is 4.99 Å². The number of hydrogen-bond acceptors (Lipinski definition) is 3. The maximum atomic E-state index is 5.42. The Hall–Kier alpha value is -0.810. The zero-order chi connectivity index (χ0) is 18.1. The van der Waals surface area contributed by atoms with E-state index in [4.69, 9.17) is 4.74 Å². The van der Waals surface area contributed by atoms with Gasteiger partial charge in [-0.1, -0.05) is 25.7 Å². The van der Waals surface area contributed by atoms with Crippen molar-refractivity contribution in [3.05, 3.63) is 0 Å². The lowest BCUT2D eigenvalue weighted by Gasteiger charge is -2.44. The second kappa shape index (κ2) is 10.5. The van der Waals surface area contributed by atoms with Crippen LogP contribution in [0.5, 0.6) is 0 Å². The highest BCUT2D eigenvalue weighted by Crippen LogP contribution is 2.42. The normalized spacial score (nSPS) is 25.3. The average Bonchev–Trinajstić information content (AvgIpc) is 2.91. The van der Waals surface area contributed by atoms with E-state index in [1.807, 2.05) is 7.05 Å². The fourth-order valence-electron chi connectivity index (χ4n) is 5.09. The summed E-state index contributed by atoms with van der Waals surface area (Å²) in [7, 11) is 1.95. The van der Waals surface area contributed by atoms with Gasteiger partial charge in [0.25, 0.3) is 0 Å². The Labute approximate surface area is 160 Å². The van der Waals surface area contributed by atoms with Crippen LogP contribution < -0.4 is 5.32 Å². The third-order valence-corrected chi connectivity index (χ3v) is 6.62. The molecule has 2 aliphatic heterocycles. The Morgan fingerprint density at radius 1 is 0.962 bits per heavy atom. The summed E-state index contributed by atoms with van der Waals surface area (Å²) in [6.07, 6.45) is 13.8. The molecule has 0 aromatic carbocycles. The number of nitrogens with one attached hydrogen (secondary N) is 1. The number of unbranched alkanes of at least 4 members (excludes halogenated alkanes) is 1. The molecule has 0 amide bonds. The molecule has 26 heavy (non-hydrogen) atoms. The summed E-state index contributed by atoms with van der Waals surface area (Å²) in [4.78, 5) is 9.68. The smallest absolute Gasteiger partial charge is 0.193 e. The second-order valence-electron chi connectivity index (χ2n) is 8.57. The quantitative estimate of drug-likeness (QED) is 0.462. The number of ether oxygens (including phenoxy) is 1. The van der Waals surface area contributed by atoms with Crippen LogP contribution in [-0.4, -0.2) is 75.3 Å². The first-order valence-electron chi connectivity index (χ1n) is 11.1. The molecular weight excluding hydrogens is 324 g/mol. The van der Waals surface area contributed by atoms with E-state index in [-0.39, 0.29) is 0 Å². The second-order valence-corrected chi connectivity index (χ2v) is 8.57. The van der Waals surface area contributed by atoms with Crippen molar-refractivity contribution in [1.29, 1.82) is 0 Å². The fraction of sp³-hybridized carbons (Fsp3) is 0.952. The van der Waals surface area contributed by atoms with Crippen LogP contribution in [0.25, 0.3) is 0 Å². The van der Waals surface area contributed by atoms with Crippen LogP contribution in [0.2, 0.25) is 0 Å². The molecule has 0 bridgehead atoms. The molecule has 3 fully saturated rings. The maximum absolute atomic E-state index is 5.42. The SMILES string of the molecule is CN=C(NCCCCN1CCOCC1)N1CCCC2(CCCCCC2)C1. The van der Waals surface area contributed by atoms with Gasteiger partial charge in [-0.25, -0.2) is 0 Å². The largest absolute Gasteiger partial charge is 0.379 e. The molecule has 2 heterocycles. The minimum absolute atomic E-state index is 0.572. The van der Waals surface area contributed by atoms with Gasteiger partial charge in [-0.2, -0.15) is 0 Å². The summed E-state index contributed by atoms with van der Waals surface area (Å²) in [5.41, 5.74) is 0.572. The van der Waals surface area contributed by atoms with Crippen molar-refractivity contribution < 1.29 is 4.74 Å². The molecule has 0 radical (unpaired) electrons. The summed E-state index contributed by atoms with van der Waals surface area (Å²) in [6, 6.07) is 0. The van der Waals surface area contributed by atoms with Crippen molar-refractivity contribution in [2.75, 3.05) is 59.5 Å². The van der Waals surface area contributed by atoms with E-state index < -0.39 is 0 Å². The molecule has 3 aliphatic rings. The van der Waals surface area contributed by atoms with Crippen molar-refractivity contribution in [2.24, 2.45) is 10.4 Å². The van der Waals surface area contributed by atoms with E-state index in [0.29, 0.717) is 5.41 Å². The van der Waals surface area contributed by atoms with Gasteiger partial charge in [-0.3, -0.25) is 9.89 Å². The predicted octanol–water partition coefficient (Wildman–Crippen LogP) is 3.11. The number of piperidine rings is 1. The average molecular weight is 365 g/mol. The zero-order valence-corrected chi connectivity index (χ0v) is 17.0. The standard InChI is InChI=1S/C21H40N4O/c1-22-20(23-12-6-7-13-24-15-17-26-18-16-24)25-14-8-11-21(19-25)9-4-2-3-5-10-21/h2-19H2,1H3,(H,22,23). The monoisotopic (exact) mass is 364 g/mol. The minimum Gasteiger partial charge on any atom is -0.379 e. The lowest BCUT2D eigenvalue weighted by atomic mass is 9.74. The highest BCUT2D eigenvalue weighted by Gasteiger charge is 2.36. The molecular formula is C21H40N4O. The Morgan fingerprint density at radius 3 is 2.42 bits per heavy atom. The summed E-state index contributed by atoms with van der Waals surface area (Å²) in [5.74, 6) is 1.14. The Morgan fingerprint density at radius 2 is 1.69 bits per heavy atom. The third-order valence-electron chi connectivity index (χ3n) is 6.62. The van der Waals surface area contributed by atoms with E-state index in [2.05, 4.69) is 20.1 Å². The lowest BCUT2D eigenvalue weighted by Crippen LogP contribution is -2.50. The van der Waals surface area contributed by atoms with Gasteiger partial charge in [-0.05, 0) is 50.5 Å². The molecule has 0 unspecified atom stereocenters. The molecule has 5 nitrogen and oxygen atoms in total. The van der Waals surface area contributed by atoms with Crippen molar-refractivity contribution in [2.45, 2.75) is 64.2 Å². The van der Waals surface area contributed by atoms with E-state index in [1.165, 1.54) is 83.8 Å². The zero-order valence-electron chi connectivity index (χ0n) is 17.0. The van der Waals surface area contributed by atoms with Crippen LogP contribution >= 0.6 is 0 Å². The minimum atomic E-state index is 0.572. The summed E-state index contributed by atoms with van der Waals surface area (Å²) in [6.45, 7) is 8.66. The van der Waals surface area contributed by atoms with Crippen molar-refractivity contribution in [3.63, 3.8) is 0 Å². The van der Waals surface area contributed by atoms with Gasteiger partial charge in [0, 0.05) is 39.8 Å². The van der Waals surface area contributed by atoms with Gasteiger partial charge in [0.15, 0.2) is 5.96 Å². The van der Waals surface area contributed by atoms with Crippen molar-refractivity contribution in [3.8, 4) is 0 Å². The number of aliphatic imine (C=N–C) groups is 1. The maximum Gasteiger partial charge on any atom is 0.193 e. The number of likely N-dealkylation sites (tertiary alicyclic amines) is 1. The van der Waals surface area contributed by atoms with Gasteiger partial charge in [0.2, 0.25) is 0 Å². The Balaban J connectivity index is 1.38. The number of nitrogens with zero attached hydrogens (tertiary/aromatic N) is 3. The molecule has 0 atom stereocenters. The van der Waals surface area contributed by atoms with Gasteiger partial charge >= 0.3 is 0 Å². The number of rotatable bonds is 5. The predicted molar refractivity (Wildman–Crippen MR) is 109 cm³/mol. The molecule has 0 aromatic heterocycles. The molecule has 1 N–H and O–H groups in total. The van der Waals surface area contributed by atoms with Crippen molar-refractivity contribution in [1.82, 2.24) is 15.1 Å². The molecule has 1 spiro atoms. The van der Waals surface area contributed by atoms with Gasteiger partial charge < -0.3 is 15.0 Å². The lowest BCUT2D eigenvalue weighted by molar-refractivity contribution is 0.0372. The Bertz CT molecular complexity index is 426. The highest BCUT2D eigenvalue weighted by molar-refractivity contribution is 5.80. The van der Waals surface area contributed by atoms with Crippen LogP contribution in [0.1, 0.15) is 64.2 Å². The summed E-state index contributed by atoms with van der Waals surface area (Å²) >= 11 is 0. The van der Waals surface area contributed by atoms with E-state index in [9.17, 15) is 0 Å². The summed E-state index contributed by atoms with van der Waals surface area (Å²) in [5, 5.41) is 3.65. The molecule has 0 aromatic rings. The highest BCUT2D eigenvalue weighted by atomic mass is 16.5. The first-order valence-corrected chi connectivity index (χ1v) is 11.1. The molecule has 150 valence electrons. The van der Waals surface area contributed by atoms with Gasteiger partial charge in [-0.15, -0.1) is 0 Å². The molecule has 1 aliphatic carbocycles. The van der Waals surface area contributed by atoms with Gasteiger partial charge in [0.1, 0.15) is 0 Å². The van der Waals surface area contributed by atoms with E-state index in [1.54, 1.807) is 0 Å². The van der Waals surface area contributed by atoms with Crippen LogP contribution in [-0.2, 0) is 4.74 Å². The van der Waals surface area contributed by atoms with Gasteiger partial charge in [0.05, 0.1) is 13.2 Å².